The van der Waals surface area contributed by atoms with E-state index in [0.29, 0.717) is 11.6 Å². The van der Waals surface area contributed by atoms with Crippen LogP contribution in [0.25, 0.3) is 0 Å². The van der Waals surface area contributed by atoms with Gasteiger partial charge in [-0.25, -0.2) is 0 Å². The van der Waals surface area contributed by atoms with Crippen molar-refractivity contribution in [1.29, 1.82) is 0 Å². The highest BCUT2D eigenvalue weighted by Crippen LogP contribution is 2.30. The summed E-state index contributed by atoms with van der Waals surface area (Å²) in [7, 11) is 0. The Morgan fingerprint density at radius 2 is 2.16 bits per heavy atom. The second-order valence-electron chi connectivity index (χ2n) is 5.47. The quantitative estimate of drug-likeness (QED) is 0.876. The Morgan fingerprint density at radius 1 is 1.47 bits per heavy atom. The van der Waals surface area contributed by atoms with Crippen molar-refractivity contribution in [3.05, 3.63) is 28.8 Å². The zero-order valence-electron chi connectivity index (χ0n) is 11.1. The lowest BCUT2D eigenvalue weighted by Gasteiger charge is -2.34. The number of likely N-dealkylation sites (tertiary alicyclic amines) is 1. The van der Waals surface area contributed by atoms with Gasteiger partial charge in [-0.1, -0.05) is 11.6 Å². The predicted molar refractivity (Wildman–Crippen MR) is 73.5 cm³/mol. The number of halogens is 1. The van der Waals surface area contributed by atoms with E-state index >= 15 is 0 Å². The maximum Gasteiger partial charge on any atom is 0.257 e. The van der Waals surface area contributed by atoms with Crippen molar-refractivity contribution in [3.63, 3.8) is 0 Å². The first-order valence-corrected chi connectivity index (χ1v) is 6.70. The Morgan fingerprint density at radius 3 is 2.74 bits per heavy atom. The smallest absolute Gasteiger partial charge is 0.257 e. The first-order valence-electron chi connectivity index (χ1n) is 6.32. The number of rotatable bonds is 2. The summed E-state index contributed by atoms with van der Waals surface area (Å²) in [5.41, 5.74) is -0.727. The number of benzene rings is 1. The monoisotopic (exact) mass is 283 g/mol. The fraction of sp³-hybridized carbons (Fsp3) is 0.500. The highest BCUT2D eigenvalue weighted by molar-refractivity contribution is 6.30. The Hall–Kier alpha value is -1.26. The maximum absolute atomic E-state index is 12.4. The highest BCUT2D eigenvalue weighted by Gasteiger charge is 2.39. The molecule has 1 aliphatic rings. The average Bonchev–Trinajstić information content (AvgIpc) is 2.76. The van der Waals surface area contributed by atoms with Crippen LogP contribution in [0.5, 0.6) is 5.75 Å². The number of amides is 1. The average molecular weight is 284 g/mol. The third-order valence-corrected chi connectivity index (χ3v) is 3.75. The second kappa shape index (κ2) is 5.02. The van der Waals surface area contributed by atoms with Crippen molar-refractivity contribution in [2.75, 3.05) is 6.54 Å². The molecule has 1 amide bonds. The molecule has 0 radical (unpaired) electrons. The van der Waals surface area contributed by atoms with E-state index in [-0.39, 0.29) is 23.3 Å². The standard InChI is InChI=1S/C14H18ClNO3/c1-14(2,19)12-4-3-7-16(12)13(18)10-6-5-9(15)8-11(10)17/h5-6,8,12,17,19H,3-4,7H2,1-2H3/t12-/m0/s1. The van der Waals surface area contributed by atoms with Crippen molar-refractivity contribution in [3.8, 4) is 5.75 Å². The highest BCUT2D eigenvalue weighted by atomic mass is 35.5. The SMILES string of the molecule is CC(C)(O)[C@@H]1CCCN1C(=O)c1ccc(Cl)cc1O. The van der Waals surface area contributed by atoms with Crippen LogP contribution in [-0.2, 0) is 0 Å². The molecule has 0 spiro atoms. The van der Waals surface area contributed by atoms with Gasteiger partial charge in [0, 0.05) is 11.6 Å². The lowest BCUT2D eigenvalue weighted by Crippen LogP contribution is -2.48. The summed E-state index contributed by atoms with van der Waals surface area (Å²) in [6.07, 6.45) is 1.62. The van der Waals surface area contributed by atoms with E-state index in [1.165, 1.54) is 12.1 Å². The summed E-state index contributed by atoms with van der Waals surface area (Å²) in [6.45, 7) is 3.99. The van der Waals surface area contributed by atoms with Gasteiger partial charge in [-0.2, -0.15) is 0 Å². The van der Waals surface area contributed by atoms with Gasteiger partial charge in [0.05, 0.1) is 17.2 Å². The van der Waals surface area contributed by atoms with Crippen molar-refractivity contribution >= 4 is 17.5 Å². The summed E-state index contributed by atoms with van der Waals surface area (Å²) in [6, 6.07) is 4.21. The summed E-state index contributed by atoms with van der Waals surface area (Å²) < 4.78 is 0. The molecule has 19 heavy (non-hydrogen) atoms. The van der Waals surface area contributed by atoms with Crippen LogP contribution in [0.2, 0.25) is 5.02 Å². The van der Waals surface area contributed by atoms with Gasteiger partial charge in [-0.3, -0.25) is 4.79 Å². The molecule has 0 aromatic heterocycles. The number of carbonyl (C=O) groups excluding carboxylic acids is 1. The van der Waals surface area contributed by atoms with Crippen molar-refractivity contribution < 1.29 is 15.0 Å². The third kappa shape index (κ3) is 2.85. The molecule has 0 bridgehead atoms. The second-order valence-corrected chi connectivity index (χ2v) is 5.91. The number of phenols is 1. The minimum absolute atomic E-state index is 0.126. The first kappa shape index (κ1) is 14.2. The Bertz CT molecular complexity index is 496. The summed E-state index contributed by atoms with van der Waals surface area (Å²) in [5.74, 6) is -0.391. The molecule has 1 atom stereocenters. The zero-order chi connectivity index (χ0) is 14.2. The molecule has 2 N–H and O–H groups in total. The summed E-state index contributed by atoms with van der Waals surface area (Å²) in [4.78, 5) is 14.1. The van der Waals surface area contributed by atoms with Gasteiger partial charge in [0.25, 0.3) is 5.91 Å². The maximum atomic E-state index is 12.4. The molecular weight excluding hydrogens is 266 g/mol. The number of hydrogen-bond acceptors (Lipinski definition) is 3. The van der Waals surface area contributed by atoms with E-state index in [4.69, 9.17) is 11.6 Å². The van der Waals surface area contributed by atoms with Crippen LogP contribution in [0.1, 0.15) is 37.0 Å². The topological polar surface area (TPSA) is 60.8 Å². The number of nitrogens with zero attached hydrogens (tertiary/aromatic N) is 1. The molecule has 1 heterocycles. The van der Waals surface area contributed by atoms with Gasteiger partial charge in [0.15, 0.2) is 0 Å². The predicted octanol–water partition coefficient (Wildman–Crippen LogP) is 2.42. The number of carbonyl (C=O) groups is 1. The van der Waals surface area contributed by atoms with E-state index in [2.05, 4.69) is 0 Å². The van der Waals surface area contributed by atoms with Crippen LogP contribution in [0.3, 0.4) is 0 Å². The number of phenolic OH excluding ortho intramolecular Hbond substituents is 1. The lowest BCUT2D eigenvalue weighted by molar-refractivity contribution is 0.000224. The number of hydrogen-bond donors (Lipinski definition) is 2. The molecule has 4 nitrogen and oxygen atoms in total. The largest absolute Gasteiger partial charge is 0.507 e. The van der Waals surface area contributed by atoms with Crippen LogP contribution in [0, 0.1) is 0 Å². The van der Waals surface area contributed by atoms with E-state index in [9.17, 15) is 15.0 Å². The van der Waals surface area contributed by atoms with E-state index in [1.807, 2.05) is 0 Å². The first-order chi connectivity index (χ1) is 8.80. The molecule has 0 aliphatic carbocycles. The van der Waals surface area contributed by atoms with Gasteiger partial charge in [0.1, 0.15) is 5.75 Å². The molecule has 5 heteroatoms. The van der Waals surface area contributed by atoms with Gasteiger partial charge in [-0.15, -0.1) is 0 Å². The Labute approximate surface area is 117 Å². The molecule has 104 valence electrons. The number of aliphatic hydroxyl groups is 1. The van der Waals surface area contributed by atoms with E-state index < -0.39 is 5.60 Å². The van der Waals surface area contributed by atoms with Gasteiger partial charge >= 0.3 is 0 Å². The molecule has 1 fully saturated rings. The van der Waals surface area contributed by atoms with E-state index in [0.717, 1.165) is 12.8 Å². The molecular formula is C14H18ClNO3. The molecule has 1 aromatic carbocycles. The molecule has 0 saturated carbocycles. The minimum Gasteiger partial charge on any atom is -0.507 e. The minimum atomic E-state index is -0.950. The van der Waals surface area contributed by atoms with Crippen molar-refractivity contribution in [2.24, 2.45) is 0 Å². The van der Waals surface area contributed by atoms with Gasteiger partial charge in [0.2, 0.25) is 0 Å². The fourth-order valence-corrected chi connectivity index (χ4v) is 2.75. The lowest BCUT2D eigenvalue weighted by atomic mass is 9.96. The normalized spacial score (nSPS) is 19.8. The van der Waals surface area contributed by atoms with Gasteiger partial charge in [-0.05, 0) is 44.9 Å². The molecule has 1 saturated heterocycles. The van der Waals surface area contributed by atoms with Crippen LogP contribution in [0.4, 0.5) is 0 Å². The Balaban J connectivity index is 2.28. The third-order valence-electron chi connectivity index (χ3n) is 3.52. The van der Waals surface area contributed by atoms with Crippen LogP contribution >= 0.6 is 11.6 Å². The van der Waals surface area contributed by atoms with Crippen molar-refractivity contribution in [2.45, 2.75) is 38.3 Å². The number of aromatic hydroxyl groups is 1. The Kier molecular flexibility index (Phi) is 3.74. The van der Waals surface area contributed by atoms with Crippen LogP contribution < -0.4 is 0 Å². The van der Waals surface area contributed by atoms with Crippen molar-refractivity contribution in [1.82, 2.24) is 4.90 Å². The molecule has 1 aromatic rings. The molecule has 1 aliphatic heterocycles. The zero-order valence-corrected chi connectivity index (χ0v) is 11.8. The summed E-state index contributed by atoms with van der Waals surface area (Å²) in [5, 5.41) is 20.3. The molecule has 0 unspecified atom stereocenters. The van der Waals surface area contributed by atoms with Crippen LogP contribution in [0.15, 0.2) is 18.2 Å². The van der Waals surface area contributed by atoms with E-state index in [1.54, 1.807) is 24.8 Å². The fourth-order valence-electron chi connectivity index (χ4n) is 2.58. The molecule has 2 rings (SSSR count). The van der Waals surface area contributed by atoms with Gasteiger partial charge < -0.3 is 15.1 Å². The van der Waals surface area contributed by atoms with Crippen LogP contribution in [-0.4, -0.2) is 39.2 Å². The summed E-state index contributed by atoms with van der Waals surface area (Å²) >= 11 is 5.76.